The largest absolute Gasteiger partial charge is 0.379 e. The van der Waals surface area contributed by atoms with Crippen molar-refractivity contribution in [3.63, 3.8) is 0 Å². The molecule has 1 saturated carbocycles. The van der Waals surface area contributed by atoms with E-state index in [1.165, 1.54) is 12.8 Å². The zero-order valence-electron chi connectivity index (χ0n) is 11.3. The van der Waals surface area contributed by atoms with E-state index in [1.807, 2.05) is 31.3 Å². The topological polar surface area (TPSA) is 29.5 Å². The maximum Gasteiger partial charge on any atom is 0.226 e. The highest BCUT2D eigenvalue weighted by Gasteiger charge is 2.21. The van der Waals surface area contributed by atoms with Gasteiger partial charge in [-0.1, -0.05) is 12.1 Å². The molecule has 2 rings (SSSR count). The lowest BCUT2D eigenvalue weighted by Crippen LogP contribution is -2.31. The van der Waals surface area contributed by atoms with Gasteiger partial charge in [0.2, 0.25) is 5.91 Å². The van der Waals surface area contributed by atoms with Crippen LogP contribution in [-0.2, 0) is 16.0 Å². The van der Waals surface area contributed by atoms with Crippen LogP contribution in [0.3, 0.4) is 0 Å². The Labute approximate surface area is 120 Å². The predicted octanol–water partition coefficient (Wildman–Crippen LogP) is 2.40. The van der Waals surface area contributed by atoms with Gasteiger partial charge in [0, 0.05) is 25.1 Å². The SMILES string of the molecule is CN(CCOCC1CC1)C(=O)Cc1ccc(S)cc1. The molecule has 0 aromatic heterocycles. The Balaban J connectivity index is 1.67. The van der Waals surface area contributed by atoms with E-state index in [0.717, 1.165) is 23.0 Å². The third kappa shape index (κ3) is 5.25. The molecule has 1 fully saturated rings. The average Bonchev–Trinajstić information content (AvgIpc) is 3.21. The summed E-state index contributed by atoms with van der Waals surface area (Å²) in [5.74, 6) is 0.905. The quantitative estimate of drug-likeness (QED) is 0.613. The molecule has 1 amide bonds. The highest BCUT2D eigenvalue weighted by molar-refractivity contribution is 7.80. The number of carbonyl (C=O) groups is 1. The number of carbonyl (C=O) groups excluding carboxylic acids is 1. The van der Waals surface area contributed by atoms with Crippen LogP contribution >= 0.6 is 12.6 Å². The fourth-order valence-corrected chi connectivity index (χ4v) is 1.93. The molecule has 0 unspecified atom stereocenters. The van der Waals surface area contributed by atoms with Gasteiger partial charge in [-0.2, -0.15) is 0 Å². The maximum atomic E-state index is 12.0. The van der Waals surface area contributed by atoms with Crippen molar-refractivity contribution in [2.75, 3.05) is 26.8 Å². The molecule has 0 N–H and O–H groups in total. The first-order valence-electron chi connectivity index (χ1n) is 6.75. The lowest BCUT2D eigenvalue weighted by Gasteiger charge is -2.17. The predicted molar refractivity (Wildman–Crippen MR) is 78.6 cm³/mol. The molecule has 0 saturated heterocycles. The van der Waals surface area contributed by atoms with E-state index in [4.69, 9.17) is 4.74 Å². The molecule has 19 heavy (non-hydrogen) atoms. The van der Waals surface area contributed by atoms with Crippen LogP contribution in [0.2, 0.25) is 0 Å². The summed E-state index contributed by atoms with van der Waals surface area (Å²) in [6, 6.07) is 7.70. The minimum absolute atomic E-state index is 0.127. The molecular weight excluding hydrogens is 258 g/mol. The highest BCUT2D eigenvalue weighted by atomic mass is 32.1. The van der Waals surface area contributed by atoms with Crippen LogP contribution < -0.4 is 0 Å². The lowest BCUT2D eigenvalue weighted by molar-refractivity contribution is -0.129. The summed E-state index contributed by atoms with van der Waals surface area (Å²) in [7, 11) is 1.83. The van der Waals surface area contributed by atoms with Gasteiger partial charge in [0.25, 0.3) is 0 Å². The summed E-state index contributed by atoms with van der Waals surface area (Å²) in [6.45, 7) is 2.15. The van der Waals surface area contributed by atoms with Gasteiger partial charge in [-0.05, 0) is 36.5 Å². The van der Waals surface area contributed by atoms with Gasteiger partial charge >= 0.3 is 0 Å². The van der Waals surface area contributed by atoms with E-state index < -0.39 is 0 Å². The molecule has 1 aliphatic rings. The molecule has 0 atom stereocenters. The Morgan fingerprint density at radius 1 is 1.37 bits per heavy atom. The molecule has 1 aromatic carbocycles. The normalized spacial score (nSPS) is 14.4. The summed E-state index contributed by atoms with van der Waals surface area (Å²) in [5, 5.41) is 0. The fraction of sp³-hybridized carbons (Fsp3) is 0.533. The van der Waals surface area contributed by atoms with Crippen molar-refractivity contribution < 1.29 is 9.53 Å². The minimum Gasteiger partial charge on any atom is -0.379 e. The van der Waals surface area contributed by atoms with Gasteiger partial charge in [-0.3, -0.25) is 4.79 Å². The zero-order chi connectivity index (χ0) is 13.7. The highest BCUT2D eigenvalue weighted by Crippen LogP contribution is 2.28. The van der Waals surface area contributed by atoms with E-state index in [-0.39, 0.29) is 5.91 Å². The van der Waals surface area contributed by atoms with Crippen molar-refractivity contribution in [2.24, 2.45) is 5.92 Å². The average molecular weight is 279 g/mol. The van der Waals surface area contributed by atoms with Crippen LogP contribution in [0.5, 0.6) is 0 Å². The Bertz CT molecular complexity index is 415. The van der Waals surface area contributed by atoms with Gasteiger partial charge in [0.15, 0.2) is 0 Å². The lowest BCUT2D eigenvalue weighted by atomic mass is 10.1. The molecule has 1 aromatic rings. The van der Waals surface area contributed by atoms with Crippen LogP contribution in [0.15, 0.2) is 29.2 Å². The number of amides is 1. The second-order valence-corrected chi connectivity index (χ2v) is 5.69. The number of hydrogen-bond donors (Lipinski definition) is 1. The van der Waals surface area contributed by atoms with Crippen molar-refractivity contribution in [1.82, 2.24) is 4.90 Å². The van der Waals surface area contributed by atoms with Crippen LogP contribution in [0.25, 0.3) is 0 Å². The van der Waals surface area contributed by atoms with Gasteiger partial charge < -0.3 is 9.64 Å². The van der Waals surface area contributed by atoms with Crippen LogP contribution in [-0.4, -0.2) is 37.6 Å². The third-order valence-corrected chi connectivity index (χ3v) is 3.64. The van der Waals surface area contributed by atoms with Gasteiger partial charge in [-0.15, -0.1) is 12.6 Å². The molecule has 0 bridgehead atoms. The zero-order valence-corrected chi connectivity index (χ0v) is 12.2. The number of benzene rings is 1. The summed E-state index contributed by atoms with van der Waals surface area (Å²) >= 11 is 4.23. The number of hydrogen-bond acceptors (Lipinski definition) is 3. The molecule has 0 radical (unpaired) electrons. The first-order chi connectivity index (χ1) is 9.15. The second-order valence-electron chi connectivity index (χ2n) is 5.18. The Hall–Kier alpha value is -1.00. The second kappa shape index (κ2) is 6.96. The van der Waals surface area contributed by atoms with E-state index >= 15 is 0 Å². The van der Waals surface area contributed by atoms with Crippen LogP contribution in [0, 0.1) is 5.92 Å². The number of likely N-dealkylation sites (N-methyl/N-ethyl adjacent to an activating group) is 1. The Kier molecular flexibility index (Phi) is 5.28. The smallest absolute Gasteiger partial charge is 0.226 e. The minimum atomic E-state index is 0.127. The summed E-state index contributed by atoms with van der Waals surface area (Å²) in [5.41, 5.74) is 1.02. The van der Waals surface area contributed by atoms with E-state index in [2.05, 4.69) is 12.6 Å². The standard InChI is InChI=1S/C15H21NO2S/c1-16(8-9-18-11-13-2-3-13)15(17)10-12-4-6-14(19)7-5-12/h4-7,13,19H,2-3,8-11H2,1H3. The summed E-state index contributed by atoms with van der Waals surface area (Å²) in [6.07, 6.45) is 3.04. The van der Waals surface area contributed by atoms with Crippen LogP contribution in [0.1, 0.15) is 18.4 Å². The van der Waals surface area contributed by atoms with E-state index in [9.17, 15) is 4.79 Å². The number of rotatable bonds is 7. The fourth-order valence-electron chi connectivity index (χ4n) is 1.78. The molecule has 3 nitrogen and oxygen atoms in total. The molecule has 0 spiro atoms. The molecule has 4 heteroatoms. The Morgan fingerprint density at radius 3 is 2.68 bits per heavy atom. The first kappa shape index (κ1) is 14.4. The molecule has 1 aliphatic carbocycles. The van der Waals surface area contributed by atoms with Crippen molar-refractivity contribution in [3.05, 3.63) is 29.8 Å². The maximum absolute atomic E-state index is 12.0. The monoisotopic (exact) mass is 279 g/mol. The molecule has 0 aliphatic heterocycles. The van der Waals surface area contributed by atoms with Gasteiger partial charge in [0.05, 0.1) is 13.0 Å². The molecule has 0 heterocycles. The molecular formula is C15H21NO2S. The number of thiol groups is 1. The van der Waals surface area contributed by atoms with Crippen LogP contribution in [0.4, 0.5) is 0 Å². The van der Waals surface area contributed by atoms with Crippen molar-refractivity contribution in [1.29, 1.82) is 0 Å². The number of nitrogens with zero attached hydrogens (tertiary/aromatic N) is 1. The summed E-state index contributed by atoms with van der Waals surface area (Å²) in [4.78, 5) is 14.6. The van der Waals surface area contributed by atoms with E-state index in [0.29, 0.717) is 19.6 Å². The Morgan fingerprint density at radius 2 is 2.05 bits per heavy atom. The third-order valence-electron chi connectivity index (χ3n) is 3.34. The van der Waals surface area contributed by atoms with Gasteiger partial charge in [0.1, 0.15) is 0 Å². The van der Waals surface area contributed by atoms with Crippen molar-refractivity contribution >= 4 is 18.5 Å². The number of ether oxygens (including phenoxy) is 1. The first-order valence-corrected chi connectivity index (χ1v) is 7.19. The van der Waals surface area contributed by atoms with Gasteiger partial charge in [-0.25, -0.2) is 0 Å². The van der Waals surface area contributed by atoms with E-state index in [1.54, 1.807) is 4.90 Å². The van der Waals surface area contributed by atoms with Crippen molar-refractivity contribution in [2.45, 2.75) is 24.2 Å². The van der Waals surface area contributed by atoms with Crippen molar-refractivity contribution in [3.8, 4) is 0 Å². The summed E-state index contributed by atoms with van der Waals surface area (Å²) < 4.78 is 5.54. The molecule has 104 valence electrons.